The molecule has 2 fully saturated rings. The second kappa shape index (κ2) is 12.6. The summed E-state index contributed by atoms with van der Waals surface area (Å²) in [6, 6.07) is 14.5. The third-order valence-electron chi connectivity index (χ3n) is 6.35. The lowest BCUT2D eigenvalue weighted by Gasteiger charge is -2.42. The Kier molecular flexibility index (Phi) is 9.23. The second-order valence-electron chi connectivity index (χ2n) is 9.53. The smallest absolute Gasteiger partial charge is 0.338 e. The summed E-state index contributed by atoms with van der Waals surface area (Å²) in [4.78, 5) is 26.8. The normalized spacial score (nSPS) is 27.1. The molecule has 2 aliphatic rings. The van der Waals surface area contributed by atoms with Gasteiger partial charge in [-0.1, -0.05) is 30.3 Å². The first kappa shape index (κ1) is 27.2. The van der Waals surface area contributed by atoms with E-state index in [0.29, 0.717) is 6.42 Å². The van der Waals surface area contributed by atoms with Crippen LogP contribution in [0.3, 0.4) is 0 Å². The van der Waals surface area contributed by atoms with Crippen LogP contribution in [-0.2, 0) is 30.3 Å². The van der Waals surface area contributed by atoms with Crippen molar-refractivity contribution in [2.24, 2.45) is 0 Å². The number of esters is 1. The van der Waals surface area contributed by atoms with Gasteiger partial charge in [-0.25, -0.2) is 9.18 Å². The summed E-state index contributed by atoms with van der Waals surface area (Å²) in [6.07, 6.45) is -3.44. The molecule has 9 nitrogen and oxygen atoms in total. The molecule has 0 aliphatic carbocycles. The van der Waals surface area contributed by atoms with Crippen molar-refractivity contribution >= 4 is 11.9 Å². The van der Waals surface area contributed by atoms with Gasteiger partial charge < -0.3 is 34.3 Å². The van der Waals surface area contributed by atoms with Crippen molar-refractivity contribution in [1.29, 1.82) is 0 Å². The summed E-state index contributed by atoms with van der Waals surface area (Å²) >= 11 is 0. The third kappa shape index (κ3) is 7.12. The van der Waals surface area contributed by atoms with Gasteiger partial charge in [0.25, 0.3) is 0 Å². The van der Waals surface area contributed by atoms with E-state index in [1.54, 1.807) is 4.90 Å². The quantitative estimate of drug-likeness (QED) is 0.458. The molecule has 2 aromatic rings. The molecule has 0 radical (unpaired) electrons. The van der Waals surface area contributed by atoms with Crippen LogP contribution >= 0.6 is 0 Å². The Morgan fingerprint density at radius 1 is 1.08 bits per heavy atom. The van der Waals surface area contributed by atoms with Gasteiger partial charge in [-0.05, 0) is 43.9 Å². The van der Waals surface area contributed by atoms with Gasteiger partial charge in [-0.15, -0.1) is 0 Å². The number of aliphatic hydroxyl groups excluding tert-OH is 1. The van der Waals surface area contributed by atoms with Crippen LogP contribution in [0.15, 0.2) is 54.6 Å². The molecule has 0 bridgehead atoms. The summed E-state index contributed by atoms with van der Waals surface area (Å²) in [7, 11) is 3.62. The molecule has 4 rings (SSSR count). The van der Waals surface area contributed by atoms with Gasteiger partial charge in [0.05, 0.1) is 37.5 Å². The average Bonchev–Trinajstić information content (AvgIpc) is 3.29. The number of nitrogens with one attached hydrogen (secondary N) is 1. The molecule has 2 saturated heterocycles. The van der Waals surface area contributed by atoms with E-state index in [2.05, 4.69) is 5.32 Å². The largest absolute Gasteiger partial charge is 0.453 e. The molecule has 2 N–H and O–H groups in total. The molecule has 0 saturated carbocycles. The average molecular weight is 517 g/mol. The zero-order valence-electron chi connectivity index (χ0n) is 20.9. The van der Waals surface area contributed by atoms with E-state index < -0.39 is 48.9 Å². The summed E-state index contributed by atoms with van der Waals surface area (Å²) in [5, 5.41) is 13.0. The monoisotopic (exact) mass is 516 g/mol. The van der Waals surface area contributed by atoms with Crippen LogP contribution in [0.2, 0.25) is 0 Å². The van der Waals surface area contributed by atoms with E-state index in [1.165, 1.54) is 24.3 Å². The predicted octanol–water partition coefficient (Wildman–Crippen LogP) is 1.53. The molecule has 2 heterocycles. The van der Waals surface area contributed by atoms with Crippen LogP contribution in [0, 0.1) is 5.82 Å². The Morgan fingerprint density at radius 3 is 2.49 bits per heavy atom. The van der Waals surface area contributed by atoms with E-state index >= 15 is 0 Å². The molecule has 2 aliphatic heterocycles. The van der Waals surface area contributed by atoms with Crippen molar-refractivity contribution in [3.63, 3.8) is 0 Å². The van der Waals surface area contributed by atoms with Crippen LogP contribution in [-0.4, -0.2) is 92.3 Å². The number of aliphatic hydroxyl groups is 1. The summed E-state index contributed by atoms with van der Waals surface area (Å²) < 4.78 is 37.7. The predicted molar refractivity (Wildman–Crippen MR) is 131 cm³/mol. The van der Waals surface area contributed by atoms with Gasteiger partial charge in [0, 0.05) is 13.0 Å². The lowest BCUT2D eigenvalue weighted by atomic mass is 9.94. The third-order valence-corrected chi connectivity index (χ3v) is 6.35. The Bertz CT molecular complexity index is 1040. The second-order valence-corrected chi connectivity index (χ2v) is 9.53. The van der Waals surface area contributed by atoms with Crippen LogP contribution < -0.4 is 5.32 Å². The fourth-order valence-electron chi connectivity index (χ4n) is 4.61. The van der Waals surface area contributed by atoms with Crippen molar-refractivity contribution in [2.75, 3.05) is 33.8 Å². The first-order valence-electron chi connectivity index (χ1n) is 12.3. The molecule has 10 heteroatoms. The first-order valence-corrected chi connectivity index (χ1v) is 12.3. The molecule has 200 valence electrons. The van der Waals surface area contributed by atoms with Gasteiger partial charge in [0.2, 0.25) is 5.91 Å². The fourth-order valence-corrected chi connectivity index (χ4v) is 4.61. The van der Waals surface area contributed by atoms with Crippen molar-refractivity contribution in [3.05, 3.63) is 71.5 Å². The maximum atomic E-state index is 13.3. The number of rotatable bonds is 10. The summed E-state index contributed by atoms with van der Waals surface area (Å²) in [6.45, 7) is 0.371. The number of nitrogens with zero attached hydrogens (tertiary/aromatic N) is 1. The number of carbonyl (C=O) groups is 2. The first-order chi connectivity index (χ1) is 17.8. The zero-order valence-corrected chi connectivity index (χ0v) is 20.9. The fraction of sp³-hybridized carbons (Fsp3) is 0.481. The minimum atomic E-state index is -0.977. The topological polar surface area (TPSA) is 107 Å². The molecule has 37 heavy (non-hydrogen) atoms. The highest BCUT2D eigenvalue weighted by molar-refractivity contribution is 5.89. The number of hydrogen-bond acceptors (Lipinski definition) is 8. The highest BCUT2D eigenvalue weighted by Gasteiger charge is 2.53. The number of benzene rings is 2. The minimum Gasteiger partial charge on any atom is -0.453 e. The molecule has 1 unspecified atom stereocenters. The summed E-state index contributed by atoms with van der Waals surface area (Å²) in [5.41, 5.74) is 1.08. The Morgan fingerprint density at radius 2 is 1.81 bits per heavy atom. The molecular formula is C27H33FN2O7. The maximum absolute atomic E-state index is 13.3. The van der Waals surface area contributed by atoms with E-state index in [-0.39, 0.29) is 37.3 Å². The van der Waals surface area contributed by atoms with Gasteiger partial charge in [0.1, 0.15) is 24.1 Å². The lowest BCUT2D eigenvalue weighted by Crippen LogP contribution is -2.59. The van der Waals surface area contributed by atoms with E-state index in [9.17, 15) is 19.1 Å². The highest BCUT2D eigenvalue weighted by atomic mass is 19.1. The van der Waals surface area contributed by atoms with Crippen molar-refractivity contribution in [2.45, 2.75) is 49.7 Å². The number of carbonyl (C=O) groups excluding carboxylic acids is 2. The van der Waals surface area contributed by atoms with Gasteiger partial charge >= 0.3 is 5.97 Å². The SMILES string of the molecule is CN(C)CC(=O)NCC1C[C@H]2O[C@H](CO)[C@@H](OC(=O)c3ccc(F)cc3)[C@H](OCc3ccccc3)[C@H]2O1. The van der Waals surface area contributed by atoms with Crippen LogP contribution in [0.5, 0.6) is 0 Å². The maximum Gasteiger partial charge on any atom is 0.338 e. The van der Waals surface area contributed by atoms with E-state index in [0.717, 1.165) is 5.56 Å². The number of ether oxygens (including phenoxy) is 4. The number of likely N-dealkylation sites (N-methyl/N-ethyl adjacent to an activating group) is 1. The van der Waals surface area contributed by atoms with Gasteiger partial charge in [-0.3, -0.25) is 4.79 Å². The van der Waals surface area contributed by atoms with Crippen LogP contribution in [0.25, 0.3) is 0 Å². The number of hydrogen-bond donors (Lipinski definition) is 2. The molecule has 0 aromatic heterocycles. The zero-order chi connectivity index (χ0) is 26.4. The molecular weight excluding hydrogens is 483 g/mol. The van der Waals surface area contributed by atoms with Crippen LogP contribution in [0.1, 0.15) is 22.3 Å². The standard InChI is InChI=1S/C27H33FN2O7/c1-30(2)14-23(32)29-13-20-12-21-24(35-20)26(34-16-17-6-4-3-5-7-17)25(22(15-31)36-21)37-27(33)18-8-10-19(28)11-9-18/h3-11,20-22,24-26,31H,12-16H2,1-2H3,(H,29,32)/t20?,21-,22-,24+,25-,26-/m1/s1. The van der Waals surface area contributed by atoms with E-state index in [4.69, 9.17) is 18.9 Å². The van der Waals surface area contributed by atoms with Gasteiger partial charge in [-0.2, -0.15) is 0 Å². The van der Waals surface area contributed by atoms with Crippen molar-refractivity contribution in [1.82, 2.24) is 10.2 Å². The Balaban J connectivity index is 1.51. The molecule has 6 atom stereocenters. The minimum absolute atomic E-state index is 0.124. The van der Waals surface area contributed by atoms with Crippen LogP contribution in [0.4, 0.5) is 4.39 Å². The molecule has 2 aromatic carbocycles. The number of halogens is 1. The Hall–Kier alpha value is -2.89. The highest BCUT2D eigenvalue weighted by Crippen LogP contribution is 2.36. The lowest BCUT2D eigenvalue weighted by molar-refractivity contribution is -0.233. The summed E-state index contributed by atoms with van der Waals surface area (Å²) in [5.74, 6) is -1.29. The van der Waals surface area contributed by atoms with E-state index in [1.807, 2.05) is 44.4 Å². The van der Waals surface area contributed by atoms with Crippen molar-refractivity contribution in [3.8, 4) is 0 Å². The Labute approximate surface area is 215 Å². The number of amides is 1. The molecule has 1 amide bonds. The van der Waals surface area contributed by atoms with Crippen molar-refractivity contribution < 1.29 is 38.0 Å². The molecule has 0 spiro atoms. The number of fused-ring (bicyclic) bond motifs is 1. The van der Waals surface area contributed by atoms with Gasteiger partial charge in [0.15, 0.2) is 6.10 Å².